The van der Waals surface area contributed by atoms with Crippen molar-refractivity contribution in [1.29, 1.82) is 0 Å². The molecule has 3 aromatic carbocycles. The number of nitrogens with one attached hydrogen (secondary N) is 1. The fraction of sp³-hybridized carbons (Fsp3) is 0.0833. The zero-order valence-electron chi connectivity index (χ0n) is 16.2. The van der Waals surface area contributed by atoms with Crippen LogP contribution in [0.3, 0.4) is 0 Å². The van der Waals surface area contributed by atoms with Crippen molar-refractivity contribution in [3.8, 4) is 5.75 Å². The van der Waals surface area contributed by atoms with Crippen molar-refractivity contribution in [2.24, 2.45) is 0 Å². The molecule has 0 saturated heterocycles. The van der Waals surface area contributed by atoms with Crippen molar-refractivity contribution in [1.82, 2.24) is 14.8 Å². The zero-order valence-corrected chi connectivity index (χ0v) is 18.5. The fourth-order valence-corrected chi connectivity index (χ4v) is 4.75. The molecule has 0 radical (unpaired) electrons. The van der Waals surface area contributed by atoms with Gasteiger partial charge >= 0.3 is 0 Å². The Morgan fingerprint density at radius 2 is 1.77 bits per heavy atom. The molecule has 152 valence electrons. The van der Waals surface area contributed by atoms with Crippen LogP contribution in [0.5, 0.6) is 5.75 Å². The Bertz CT molecular complexity index is 1320. The second-order valence-electron chi connectivity index (χ2n) is 7.49. The van der Waals surface area contributed by atoms with Crippen LogP contribution in [0.2, 0.25) is 5.02 Å². The van der Waals surface area contributed by atoms with E-state index in [1.807, 2.05) is 53.2 Å². The summed E-state index contributed by atoms with van der Waals surface area (Å²) in [6.07, 6.45) is 1.28. The molecule has 0 saturated carbocycles. The first kappa shape index (κ1) is 18.7. The molecule has 6 rings (SSSR count). The molecule has 0 fully saturated rings. The van der Waals surface area contributed by atoms with Crippen molar-refractivity contribution in [3.63, 3.8) is 0 Å². The average molecular weight is 492 g/mol. The monoisotopic (exact) mass is 490 g/mol. The molecule has 0 unspecified atom stereocenters. The Labute approximate surface area is 192 Å². The molecule has 2 aliphatic rings. The van der Waals surface area contributed by atoms with Crippen molar-refractivity contribution < 1.29 is 4.74 Å². The molecule has 1 N–H and O–H groups in total. The Morgan fingerprint density at radius 3 is 2.58 bits per heavy atom. The average Bonchev–Trinajstić information content (AvgIpc) is 3.27. The quantitative estimate of drug-likeness (QED) is 0.360. The lowest BCUT2D eigenvalue weighted by molar-refractivity contribution is 0.223. The third-order valence-electron chi connectivity index (χ3n) is 5.66. The minimum Gasteiger partial charge on any atom is -0.480 e. The molecule has 3 heterocycles. The summed E-state index contributed by atoms with van der Waals surface area (Å²) in [7, 11) is 0. The van der Waals surface area contributed by atoms with Gasteiger partial charge in [0, 0.05) is 20.6 Å². The summed E-state index contributed by atoms with van der Waals surface area (Å²) >= 11 is 9.90. The molecular weight excluding hydrogens is 476 g/mol. The molecule has 0 bridgehead atoms. The summed E-state index contributed by atoms with van der Waals surface area (Å²) in [4.78, 5) is 4.45. The first-order valence-electron chi connectivity index (χ1n) is 9.86. The number of ether oxygens (including phenoxy) is 1. The van der Waals surface area contributed by atoms with E-state index in [1.54, 1.807) is 6.33 Å². The van der Waals surface area contributed by atoms with Crippen LogP contribution in [0.1, 0.15) is 28.8 Å². The lowest BCUT2D eigenvalue weighted by Gasteiger charge is -2.39. The Hall–Kier alpha value is -3.09. The second-order valence-corrected chi connectivity index (χ2v) is 8.84. The zero-order chi connectivity index (χ0) is 20.9. The maximum absolute atomic E-state index is 6.59. The first-order chi connectivity index (χ1) is 15.2. The number of hydrogen-bond acceptors (Lipinski definition) is 4. The highest BCUT2D eigenvalue weighted by atomic mass is 79.9. The fourth-order valence-electron chi connectivity index (χ4n) is 4.31. The van der Waals surface area contributed by atoms with Crippen molar-refractivity contribution in [3.05, 3.63) is 111 Å². The van der Waals surface area contributed by atoms with Crippen molar-refractivity contribution in [2.45, 2.75) is 12.1 Å². The number of anilines is 1. The smallest absolute Gasteiger partial charge is 0.226 e. The minimum atomic E-state index is -0.299. The number of nitrogens with zero attached hydrogens (tertiary/aromatic N) is 3. The van der Waals surface area contributed by atoms with E-state index in [4.69, 9.17) is 16.3 Å². The van der Waals surface area contributed by atoms with Gasteiger partial charge in [-0.05, 0) is 41.5 Å². The Morgan fingerprint density at radius 1 is 0.968 bits per heavy atom. The second kappa shape index (κ2) is 7.25. The summed E-state index contributed by atoms with van der Waals surface area (Å²) in [6.45, 7) is 0. The van der Waals surface area contributed by atoms with Gasteiger partial charge in [0.25, 0.3) is 0 Å². The van der Waals surface area contributed by atoms with E-state index in [9.17, 15) is 0 Å². The van der Waals surface area contributed by atoms with E-state index in [-0.39, 0.29) is 12.1 Å². The molecule has 2 atom stereocenters. The predicted molar refractivity (Wildman–Crippen MR) is 124 cm³/mol. The van der Waals surface area contributed by atoms with E-state index in [0.717, 1.165) is 38.2 Å². The Balaban J connectivity index is 1.64. The number of aromatic nitrogens is 3. The normalized spacial score (nSPS) is 19.0. The van der Waals surface area contributed by atoms with Gasteiger partial charge in [-0.15, -0.1) is 0 Å². The van der Waals surface area contributed by atoms with Gasteiger partial charge in [0.2, 0.25) is 5.95 Å². The third kappa shape index (κ3) is 3.06. The van der Waals surface area contributed by atoms with Gasteiger partial charge in [-0.1, -0.05) is 70.0 Å². The highest BCUT2D eigenvalue weighted by Crippen LogP contribution is 2.51. The molecule has 0 aliphatic carbocycles. The molecule has 2 aliphatic heterocycles. The molecule has 1 aromatic heterocycles. The summed E-state index contributed by atoms with van der Waals surface area (Å²) in [5.41, 5.74) is 5.13. The lowest BCUT2D eigenvalue weighted by atomic mass is 9.84. The molecule has 0 amide bonds. The number of rotatable bonds is 2. The SMILES string of the molecule is Clc1ccc2c(c1)C1=C([C@H](c3ccc(Br)cc3)O2)[C@@H](c2ccccc2)n2ncnc2N1. The van der Waals surface area contributed by atoms with Crippen LogP contribution in [-0.2, 0) is 0 Å². The van der Waals surface area contributed by atoms with Crippen molar-refractivity contribution >= 4 is 39.2 Å². The highest BCUT2D eigenvalue weighted by Gasteiger charge is 2.40. The predicted octanol–water partition coefficient (Wildman–Crippen LogP) is 6.25. The van der Waals surface area contributed by atoms with Gasteiger partial charge in [-0.2, -0.15) is 10.1 Å². The van der Waals surface area contributed by atoms with E-state index in [2.05, 4.69) is 55.6 Å². The van der Waals surface area contributed by atoms with Gasteiger partial charge in [0.15, 0.2) is 0 Å². The minimum absolute atomic E-state index is 0.171. The van der Waals surface area contributed by atoms with Crippen LogP contribution in [0.4, 0.5) is 5.95 Å². The molecule has 7 heteroatoms. The number of fused-ring (bicyclic) bond motifs is 3. The number of halogens is 2. The van der Waals surface area contributed by atoms with E-state index in [1.165, 1.54) is 0 Å². The third-order valence-corrected chi connectivity index (χ3v) is 6.43. The van der Waals surface area contributed by atoms with Gasteiger partial charge in [0.05, 0.1) is 5.70 Å². The topological polar surface area (TPSA) is 52.0 Å². The maximum atomic E-state index is 6.59. The van der Waals surface area contributed by atoms with Crippen LogP contribution in [0.25, 0.3) is 5.70 Å². The van der Waals surface area contributed by atoms with Crippen LogP contribution >= 0.6 is 27.5 Å². The van der Waals surface area contributed by atoms with Gasteiger partial charge < -0.3 is 10.1 Å². The van der Waals surface area contributed by atoms with Crippen LogP contribution < -0.4 is 10.1 Å². The van der Waals surface area contributed by atoms with Gasteiger partial charge in [-0.3, -0.25) is 0 Å². The molecule has 5 nitrogen and oxygen atoms in total. The highest BCUT2D eigenvalue weighted by molar-refractivity contribution is 9.10. The summed E-state index contributed by atoms with van der Waals surface area (Å²) < 4.78 is 9.53. The van der Waals surface area contributed by atoms with Crippen molar-refractivity contribution in [2.75, 3.05) is 5.32 Å². The van der Waals surface area contributed by atoms with Gasteiger partial charge in [-0.25, -0.2) is 4.68 Å². The summed E-state index contributed by atoms with van der Waals surface area (Å²) in [6, 6.07) is 24.1. The molecule has 0 spiro atoms. The summed E-state index contributed by atoms with van der Waals surface area (Å²) in [5.74, 6) is 1.47. The lowest BCUT2D eigenvalue weighted by Crippen LogP contribution is -2.32. The largest absolute Gasteiger partial charge is 0.480 e. The van der Waals surface area contributed by atoms with E-state index >= 15 is 0 Å². The van der Waals surface area contributed by atoms with Crippen LogP contribution in [0, 0.1) is 0 Å². The molecule has 31 heavy (non-hydrogen) atoms. The summed E-state index contributed by atoms with van der Waals surface area (Å²) in [5, 5.41) is 8.69. The first-order valence-corrected chi connectivity index (χ1v) is 11.0. The van der Waals surface area contributed by atoms with E-state index in [0.29, 0.717) is 11.0 Å². The van der Waals surface area contributed by atoms with Crippen LogP contribution in [0.15, 0.2) is 89.2 Å². The number of hydrogen-bond donors (Lipinski definition) is 1. The molecular formula is C24H16BrClN4O. The van der Waals surface area contributed by atoms with Crippen LogP contribution in [-0.4, -0.2) is 14.8 Å². The number of benzene rings is 3. The Kier molecular flexibility index (Phi) is 4.37. The maximum Gasteiger partial charge on any atom is 0.226 e. The van der Waals surface area contributed by atoms with Gasteiger partial charge in [0.1, 0.15) is 24.2 Å². The molecule has 4 aromatic rings. The van der Waals surface area contributed by atoms with E-state index < -0.39 is 0 Å². The standard InChI is InChI=1S/C24H16BrClN4O/c25-16-8-6-15(7-9-16)23-20-21(18-12-17(26)10-11-19(18)31-23)29-24-27-13-28-30(24)22(20)14-4-2-1-3-5-14/h1-13,22-23H,(H,27,28,29)/t22-,23+/m1/s1.